The van der Waals surface area contributed by atoms with Crippen molar-refractivity contribution in [3.05, 3.63) is 51.9 Å². The molecule has 1 aromatic carbocycles. The minimum Gasteiger partial charge on any atom is -0.462 e. The number of aromatic amines is 1. The van der Waals surface area contributed by atoms with Gasteiger partial charge in [-0.25, -0.2) is 14.8 Å². The third kappa shape index (κ3) is 3.20. The molecular formula is C15H15N5O3. The second-order valence-electron chi connectivity index (χ2n) is 4.77. The highest BCUT2D eigenvalue weighted by Crippen LogP contribution is 2.19. The number of ether oxygens (including phenoxy) is 1. The Balaban J connectivity index is 1.75. The van der Waals surface area contributed by atoms with E-state index < -0.39 is 11.5 Å². The van der Waals surface area contributed by atoms with Crippen molar-refractivity contribution in [1.29, 1.82) is 0 Å². The fourth-order valence-corrected chi connectivity index (χ4v) is 2.11. The van der Waals surface area contributed by atoms with Crippen molar-refractivity contribution in [2.24, 2.45) is 4.99 Å². The van der Waals surface area contributed by atoms with Crippen molar-refractivity contribution in [2.75, 3.05) is 17.2 Å². The average Bonchev–Trinajstić information content (AvgIpc) is 2.55. The largest absolute Gasteiger partial charge is 0.462 e. The molecule has 118 valence electrons. The van der Waals surface area contributed by atoms with Gasteiger partial charge < -0.3 is 10.1 Å². The third-order valence-electron chi connectivity index (χ3n) is 3.21. The number of para-hydroxylation sites is 1. The van der Waals surface area contributed by atoms with E-state index in [1.807, 2.05) is 24.3 Å². The number of aliphatic imine (C=N–C) groups is 1. The number of carbonyl (C=O) groups is 1. The van der Waals surface area contributed by atoms with E-state index in [4.69, 9.17) is 4.74 Å². The Morgan fingerprint density at radius 2 is 2.22 bits per heavy atom. The molecule has 8 heteroatoms. The highest BCUT2D eigenvalue weighted by Gasteiger charge is 2.15. The molecule has 0 radical (unpaired) electrons. The molecule has 2 heterocycles. The quantitative estimate of drug-likeness (QED) is 0.738. The molecule has 0 saturated carbocycles. The molecule has 0 fully saturated rings. The van der Waals surface area contributed by atoms with Gasteiger partial charge in [-0.05, 0) is 18.6 Å². The number of carbonyl (C=O) groups excluding carboxylic acids is 1. The molecule has 1 aromatic heterocycles. The molecule has 0 bridgehead atoms. The predicted molar refractivity (Wildman–Crippen MR) is 85.6 cm³/mol. The Bertz CT molecular complexity index is 828. The highest BCUT2D eigenvalue weighted by atomic mass is 16.5. The van der Waals surface area contributed by atoms with Crippen LogP contribution in [0.25, 0.3) is 0 Å². The van der Waals surface area contributed by atoms with Crippen LogP contribution in [-0.2, 0) is 11.3 Å². The first-order valence-electron chi connectivity index (χ1n) is 7.10. The van der Waals surface area contributed by atoms with Gasteiger partial charge in [0, 0.05) is 5.69 Å². The summed E-state index contributed by atoms with van der Waals surface area (Å²) in [4.78, 5) is 34.3. The molecule has 23 heavy (non-hydrogen) atoms. The van der Waals surface area contributed by atoms with Crippen LogP contribution in [-0.4, -0.2) is 28.5 Å². The molecular weight excluding hydrogens is 298 g/mol. The van der Waals surface area contributed by atoms with Crippen molar-refractivity contribution < 1.29 is 9.53 Å². The number of anilines is 2. The molecule has 0 aliphatic carbocycles. The second kappa shape index (κ2) is 6.30. The van der Waals surface area contributed by atoms with Gasteiger partial charge in [0.1, 0.15) is 5.56 Å². The van der Waals surface area contributed by atoms with Crippen LogP contribution in [0, 0.1) is 0 Å². The van der Waals surface area contributed by atoms with Crippen LogP contribution in [0.2, 0.25) is 0 Å². The first kappa shape index (κ1) is 14.8. The molecule has 0 amide bonds. The van der Waals surface area contributed by atoms with Crippen LogP contribution in [0.3, 0.4) is 0 Å². The van der Waals surface area contributed by atoms with E-state index in [1.54, 1.807) is 6.92 Å². The third-order valence-corrected chi connectivity index (χ3v) is 3.21. The average molecular weight is 313 g/mol. The summed E-state index contributed by atoms with van der Waals surface area (Å²) >= 11 is 0. The molecule has 0 atom stereocenters. The normalized spacial score (nSPS) is 12.7. The summed E-state index contributed by atoms with van der Waals surface area (Å²) in [6.07, 6.45) is 1.18. The molecule has 0 saturated heterocycles. The van der Waals surface area contributed by atoms with Crippen LogP contribution in [0.4, 0.5) is 11.6 Å². The summed E-state index contributed by atoms with van der Waals surface area (Å²) < 4.78 is 4.78. The number of hydrogen-bond acceptors (Lipinski definition) is 7. The molecule has 3 rings (SSSR count). The zero-order valence-corrected chi connectivity index (χ0v) is 12.4. The van der Waals surface area contributed by atoms with Gasteiger partial charge in [0.05, 0.1) is 19.3 Å². The molecule has 1 aliphatic heterocycles. The van der Waals surface area contributed by atoms with Crippen molar-refractivity contribution >= 4 is 23.6 Å². The molecule has 0 unspecified atom stereocenters. The van der Waals surface area contributed by atoms with Gasteiger partial charge in [0.2, 0.25) is 11.9 Å². The van der Waals surface area contributed by atoms with E-state index >= 15 is 0 Å². The number of H-pyrrole nitrogens is 1. The second-order valence-corrected chi connectivity index (χ2v) is 4.77. The summed E-state index contributed by atoms with van der Waals surface area (Å²) in [6, 6.07) is 7.78. The van der Waals surface area contributed by atoms with Crippen LogP contribution < -0.4 is 16.2 Å². The zero-order chi connectivity index (χ0) is 16.2. The minimum atomic E-state index is -0.699. The number of rotatable bonds is 3. The van der Waals surface area contributed by atoms with Gasteiger partial charge >= 0.3 is 5.97 Å². The van der Waals surface area contributed by atoms with E-state index in [2.05, 4.69) is 25.6 Å². The van der Waals surface area contributed by atoms with Gasteiger partial charge in [-0.2, -0.15) is 0 Å². The van der Waals surface area contributed by atoms with E-state index in [-0.39, 0.29) is 18.1 Å². The highest BCUT2D eigenvalue weighted by molar-refractivity contribution is 6.04. The van der Waals surface area contributed by atoms with Gasteiger partial charge in [-0.3, -0.25) is 15.1 Å². The Kier molecular flexibility index (Phi) is 4.05. The lowest BCUT2D eigenvalue weighted by Crippen LogP contribution is -2.29. The van der Waals surface area contributed by atoms with E-state index in [0.717, 1.165) is 11.3 Å². The number of fused-ring (bicyclic) bond motifs is 1. The molecule has 3 N–H and O–H groups in total. The number of hydrogen-bond donors (Lipinski definition) is 3. The van der Waals surface area contributed by atoms with Crippen molar-refractivity contribution in [3.63, 3.8) is 0 Å². The maximum Gasteiger partial charge on any atom is 0.345 e. The van der Waals surface area contributed by atoms with Crippen molar-refractivity contribution in [2.45, 2.75) is 13.5 Å². The minimum absolute atomic E-state index is 0.138. The number of esters is 1. The van der Waals surface area contributed by atoms with Gasteiger partial charge in [0.15, 0.2) is 0 Å². The zero-order valence-electron chi connectivity index (χ0n) is 12.4. The number of nitrogens with zero attached hydrogens (tertiary/aromatic N) is 2. The summed E-state index contributed by atoms with van der Waals surface area (Å²) in [5.41, 5.74) is 1.31. The smallest absolute Gasteiger partial charge is 0.345 e. The summed E-state index contributed by atoms with van der Waals surface area (Å²) in [7, 11) is 0. The van der Waals surface area contributed by atoms with Gasteiger partial charge in [-0.15, -0.1) is 0 Å². The Labute approximate surface area is 131 Å². The number of nitrogens with one attached hydrogen (secondary N) is 3. The summed E-state index contributed by atoms with van der Waals surface area (Å²) in [6.45, 7) is 2.38. The standard InChI is InChI=1S/C15H15N5O3/c1-2-23-13(22)10-8-17-15(19-12(10)21)20-14-16-7-9-5-3-4-6-11(9)18-14/h3-6,8H,2,7H2,1H3,(H3,16,17,18,19,20,21). The lowest BCUT2D eigenvalue weighted by atomic mass is 10.1. The Morgan fingerprint density at radius 3 is 3.00 bits per heavy atom. The lowest BCUT2D eigenvalue weighted by molar-refractivity contribution is 0.0524. The number of benzene rings is 1. The Hall–Kier alpha value is -3.16. The monoisotopic (exact) mass is 313 g/mol. The fourth-order valence-electron chi connectivity index (χ4n) is 2.11. The van der Waals surface area contributed by atoms with Gasteiger partial charge in [0.25, 0.3) is 5.56 Å². The van der Waals surface area contributed by atoms with E-state index in [9.17, 15) is 9.59 Å². The molecule has 1 aliphatic rings. The first-order valence-corrected chi connectivity index (χ1v) is 7.10. The van der Waals surface area contributed by atoms with Crippen LogP contribution in [0.15, 0.2) is 40.2 Å². The van der Waals surface area contributed by atoms with Crippen molar-refractivity contribution in [1.82, 2.24) is 9.97 Å². The van der Waals surface area contributed by atoms with Gasteiger partial charge in [-0.1, -0.05) is 18.2 Å². The maximum absolute atomic E-state index is 11.9. The Morgan fingerprint density at radius 1 is 1.39 bits per heavy atom. The maximum atomic E-state index is 11.9. The first-order chi connectivity index (χ1) is 11.2. The van der Waals surface area contributed by atoms with E-state index in [1.165, 1.54) is 6.20 Å². The van der Waals surface area contributed by atoms with Crippen LogP contribution in [0.1, 0.15) is 22.8 Å². The predicted octanol–water partition coefficient (Wildman–Crippen LogP) is 1.34. The molecule has 8 nitrogen and oxygen atoms in total. The summed E-state index contributed by atoms with van der Waals surface area (Å²) in [5, 5.41) is 5.99. The number of guanidine groups is 1. The fraction of sp³-hybridized carbons (Fsp3) is 0.200. The van der Waals surface area contributed by atoms with E-state index in [0.29, 0.717) is 12.5 Å². The molecule has 2 aromatic rings. The lowest BCUT2D eigenvalue weighted by Gasteiger charge is -2.18. The topological polar surface area (TPSA) is 108 Å². The summed E-state index contributed by atoms with van der Waals surface area (Å²) in [5.74, 6) is -0.0423. The van der Waals surface area contributed by atoms with Crippen molar-refractivity contribution in [3.8, 4) is 0 Å². The molecule has 0 spiro atoms. The van der Waals surface area contributed by atoms with Crippen LogP contribution >= 0.6 is 0 Å². The SMILES string of the molecule is CCOC(=O)c1cnc(NC2=NCc3ccccc3N2)[nH]c1=O. The van der Waals surface area contributed by atoms with Crippen LogP contribution in [0.5, 0.6) is 0 Å². The number of aromatic nitrogens is 2.